The van der Waals surface area contributed by atoms with E-state index in [1.165, 1.54) is 4.57 Å². The van der Waals surface area contributed by atoms with Crippen molar-refractivity contribution in [1.29, 1.82) is 0 Å². The normalized spacial score (nSPS) is 17.0. The van der Waals surface area contributed by atoms with Gasteiger partial charge in [-0.25, -0.2) is 4.98 Å². The number of hydrogen-bond donors (Lipinski definition) is 1. The highest BCUT2D eigenvalue weighted by Gasteiger charge is 2.41. The quantitative estimate of drug-likeness (QED) is 0.504. The van der Waals surface area contributed by atoms with Crippen molar-refractivity contribution < 1.29 is 14.4 Å². The minimum atomic E-state index is -0.591. The number of rotatable bonds is 5. The number of nitrogens with zero attached hydrogens (tertiary/aromatic N) is 5. The molecule has 5 rings (SSSR count). The number of fused-ring (bicyclic) bond motifs is 3. The Morgan fingerprint density at radius 3 is 2.81 bits per heavy atom. The highest BCUT2D eigenvalue weighted by Crippen LogP contribution is 2.41. The predicted molar refractivity (Wildman–Crippen MR) is 114 cm³/mol. The summed E-state index contributed by atoms with van der Waals surface area (Å²) in [6.45, 7) is 1.54. The van der Waals surface area contributed by atoms with Crippen molar-refractivity contribution >= 4 is 28.2 Å². The first kappa shape index (κ1) is 20.2. The fraction of sp³-hybridized carbons (Fsp3) is 0.429. The van der Waals surface area contributed by atoms with Crippen LogP contribution in [0, 0.1) is 0 Å². The molecule has 1 aliphatic rings. The maximum Gasteiger partial charge on any atom is 0.278 e. The molecule has 0 bridgehead atoms. The van der Waals surface area contributed by atoms with Gasteiger partial charge in [0.05, 0.1) is 28.7 Å². The molecule has 0 radical (unpaired) electrons. The van der Waals surface area contributed by atoms with Crippen molar-refractivity contribution in [3.05, 3.63) is 45.8 Å². The molecule has 1 aromatic carbocycles. The van der Waals surface area contributed by atoms with Crippen molar-refractivity contribution in [2.45, 2.75) is 44.2 Å². The zero-order valence-electron chi connectivity index (χ0n) is 17.2. The fourth-order valence-electron chi connectivity index (χ4n) is 4.51. The van der Waals surface area contributed by atoms with Crippen LogP contribution in [0.1, 0.15) is 44.5 Å². The lowest BCUT2D eigenvalue weighted by Gasteiger charge is -2.22. The van der Waals surface area contributed by atoms with E-state index in [0.29, 0.717) is 33.2 Å². The summed E-state index contributed by atoms with van der Waals surface area (Å²) in [5.41, 5.74) is 0.889. The third-order valence-electron chi connectivity index (χ3n) is 6.19. The first-order chi connectivity index (χ1) is 15.0. The molecule has 3 heterocycles. The lowest BCUT2D eigenvalue weighted by molar-refractivity contribution is -0.0342. The van der Waals surface area contributed by atoms with Crippen molar-refractivity contribution in [3.63, 3.8) is 0 Å². The smallest absolute Gasteiger partial charge is 0.278 e. The van der Waals surface area contributed by atoms with Gasteiger partial charge in [-0.2, -0.15) is 4.98 Å². The molecule has 162 valence electrons. The summed E-state index contributed by atoms with van der Waals surface area (Å²) < 4.78 is 14.5. The summed E-state index contributed by atoms with van der Waals surface area (Å²) in [6, 6.07) is 4.88. The van der Waals surface area contributed by atoms with E-state index in [-0.39, 0.29) is 18.0 Å². The summed E-state index contributed by atoms with van der Waals surface area (Å²) in [5.74, 6) is 0.624. The predicted octanol–water partition coefficient (Wildman–Crippen LogP) is 3.32. The Hall–Kier alpha value is -2.75. The van der Waals surface area contributed by atoms with Crippen LogP contribution in [-0.2, 0) is 10.3 Å². The maximum atomic E-state index is 13.6. The van der Waals surface area contributed by atoms with Crippen LogP contribution >= 0.6 is 11.6 Å². The van der Waals surface area contributed by atoms with Gasteiger partial charge in [-0.05, 0) is 44.7 Å². The number of benzene rings is 1. The lowest BCUT2D eigenvalue weighted by atomic mass is 10.0. The number of hydrogen-bond acceptors (Lipinski definition) is 7. The second-order valence-corrected chi connectivity index (χ2v) is 8.36. The molecule has 0 saturated heterocycles. The van der Waals surface area contributed by atoms with Crippen LogP contribution in [0.3, 0.4) is 0 Å². The number of methoxy groups -OCH3 is 1. The Morgan fingerprint density at radius 1 is 1.32 bits per heavy atom. The standard InChI is InChI=1S/C21H22ClN5O4/c1-12(10-28)27-16-13(22)6-5-7-14(16)26-11-23-15(17(26)19(27)29)18-24-20(31-25-18)21(30-2)8-3-4-9-21/h5-7,11-12,28H,3-4,8-10H2,1-2H3. The van der Waals surface area contributed by atoms with Gasteiger partial charge in [-0.15, -0.1) is 0 Å². The van der Waals surface area contributed by atoms with Gasteiger partial charge in [0.2, 0.25) is 5.82 Å². The Balaban J connectivity index is 1.77. The van der Waals surface area contributed by atoms with Gasteiger partial charge in [-0.1, -0.05) is 22.8 Å². The van der Waals surface area contributed by atoms with Crippen LogP contribution in [-0.4, -0.2) is 42.9 Å². The first-order valence-electron chi connectivity index (χ1n) is 10.2. The summed E-state index contributed by atoms with van der Waals surface area (Å²) >= 11 is 6.44. The monoisotopic (exact) mass is 443 g/mol. The number of halogens is 1. The van der Waals surface area contributed by atoms with E-state index < -0.39 is 11.6 Å². The van der Waals surface area contributed by atoms with Crippen molar-refractivity contribution in [2.75, 3.05) is 13.7 Å². The second-order valence-electron chi connectivity index (χ2n) is 7.95. The molecule has 1 aliphatic carbocycles. The molecule has 0 aliphatic heterocycles. The van der Waals surface area contributed by atoms with Crippen LogP contribution in [0.5, 0.6) is 0 Å². The molecule has 4 aromatic rings. The number of aromatic nitrogens is 5. The van der Waals surface area contributed by atoms with E-state index in [0.717, 1.165) is 25.7 Å². The maximum absolute atomic E-state index is 13.6. The van der Waals surface area contributed by atoms with E-state index in [4.69, 9.17) is 20.9 Å². The Kier molecular flexibility index (Phi) is 4.84. The highest BCUT2D eigenvalue weighted by atomic mass is 35.5. The largest absolute Gasteiger partial charge is 0.394 e. The number of imidazole rings is 1. The molecule has 31 heavy (non-hydrogen) atoms. The average molecular weight is 444 g/mol. The molecular weight excluding hydrogens is 422 g/mol. The summed E-state index contributed by atoms with van der Waals surface area (Å²) in [6.07, 6.45) is 5.21. The van der Waals surface area contributed by atoms with Crippen LogP contribution in [0.2, 0.25) is 5.02 Å². The molecule has 1 unspecified atom stereocenters. The van der Waals surface area contributed by atoms with E-state index in [1.54, 1.807) is 36.9 Å². The molecule has 1 saturated carbocycles. The van der Waals surface area contributed by atoms with Crippen LogP contribution in [0.25, 0.3) is 28.1 Å². The molecule has 10 heteroatoms. The third-order valence-corrected chi connectivity index (χ3v) is 6.49. The second kappa shape index (κ2) is 7.44. The zero-order valence-corrected chi connectivity index (χ0v) is 18.0. The SMILES string of the molecule is COC1(c2nc(-c3ncn4c3c(=O)n(C(C)CO)c3c(Cl)cccc34)no2)CCCC1. The van der Waals surface area contributed by atoms with E-state index in [9.17, 15) is 9.90 Å². The van der Waals surface area contributed by atoms with E-state index in [2.05, 4.69) is 15.1 Å². The Labute approximate surface area is 182 Å². The Morgan fingerprint density at radius 2 is 2.10 bits per heavy atom. The average Bonchev–Trinajstić information content (AvgIpc) is 3.52. The van der Waals surface area contributed by atoms with Gasteiger partial charge < -0.3 is 14.4 Å². The summed E-state index contributed by atoms with van der Waals surface area (Å²) in [7, 11) is 1.64. The molecule has 0 amide bonds. The number of para-hydroxylation sites is 1. The van der Waals surface area contributed by atoms with Crippen LogP contribution in [0.4, 0.5) is 0 Å². The zero-order chi connectivity index (χ0) is 21.8. The van der Waals surface area contributed by atoms with Crippen molar-refractivity contribution in [1.82, 2.24) is 24.1 Å². The molecule has 9 nitrogen and oxygen atoms in total. The molecule has 1 fully saturated rings. The van der Waals surface area contributed by atoms with Crippen molar-refractivity contribution in [3.8, 4) is 11.5 Å². The van der Waals surface area contributed by atoms with Crippen LogP contribution in [0.15, 0.2) is 33.8 Å². The van der Waals surface area contributed by atoms with E-state index in [1.807, 2.05) is 6.07 Å². The van der Waals surface area contributed by atoms with Gasteiger partial charge in [-0.3, -0.25) is 13.8 Å². The number of aliphatic hydroxyl groups is 1. The fourth-order valence-corrected chi connectivity index (χ4v) is 4.77. The van der Waals surface area contributed by atoms with Gasteiger partial charge in [0.1, 0.15) is 23.1 Å². The minimum Gasteiger partial charge on any atom is -0.394 e. The van der Waals surface area contributed by atoms with Gasteiger partial charge in [0, 0.05) is 7.11 Å². The van der Waals surface area contributed by atoms with E-state index >= 15 is 0 Å². The van der Waals surface area contributed by atoms with Gasteiger partial charge >= 0.3 is 0 Å². The van der Waals surface area contributed by atoms with Crippen molar-refractivity contribution in [2.24, 2.45) is 0 Å². The molecule has 1 N–H and O–H groups in total. The van der Waals surface area contributed by atoms with Gasteiger partial charge in [0.25, 0.3) is 11.4 Å². The highest BCUT2D eigenvalue weighted by molar-refractivity contribution is 6.35. The summed E-state index contributed by atoms with van der Waals surface area (Å²) in [4.78, 5) is 22.6. The lowest BCUT2D eigenvalue weighted by Crippen LogP contribution is -2.27. The molecule has 0 spiro atoms. The molecule has 3 aromatic heterocycles. The number of aliphatic hydroxyl groups excluding tert-OH is 1. The Bertz CT molecular complexity index is 1340. The minimum absolute atomic E-state index is 0.220. The number of ether oxygens (including phenoxy) is 1. The topological polar surface area (TPSA) is 108 Å². The first-order valence-corrected chi connectivity index (χ1v) is 10.6. The summed E-state index contributed by atoms with van der Waals surface area (Å²) in [5, 5.41) is 14.3. The van der Waals surface area contributed by atoms with Gasteiger partial charge in [0.15, 0.2) is 0 Å². The molecular formula is C21H22ClN5O4. The molecule has 1 atom stereocenters. The third kappa shape index (κ3) is 2.91. The van der Waals surface area contributed by atoms with Crippen LogP contribution < -0.4 is 5.56 Å².